The number of halogens is 2. The minimum absolute atomic E-state index is 0.327. The number of hydrogen-bond donors (Lipinski definition) is 2. The van der Waals surface area contributed by atoms with Crippen molar-refractivity contribution in [1.29, 1.82) is 0 Å². The van der Waals surface area contributed by atoms with Crippen LogP contribution in [0.3, 0.4) is 0 Å². The van der Waals surface area contributed by atoms with Gasteiger partial charge in [-0.05, 0) is 46.5 Å². The van der Waals surface area contributed by atoms with Crippen LogP contribution in [0.2, 0.25) is 0 Å². The molecule has 4 rings (SSSR count). The molecule has 0 radical (unpaired) electrons. The number of nitrogens with one attached hydrogen (secondary N) is 2. The van der Waals surface area contributed by atoms with Crippen molar-refractivity contribution in [3.8, 4) is 11.1 Å². The van der Waals surface area contributed by atoms with Crippen LogP contribution >= 0.6 is 0 Å². The van der Waals surface area contributed by atoms with Crippen molar-refractivity contribution in [2.45, 2.75) is 0 Å². The van der Waals surface area contributed by atoms with Crippen molar-refractivity contribution in [2.75, 3.05) is 10.9 Å². The molecule has 0 fully saturated rings. The Morgan fingerprint density at radius 2 is 0.875 bits per heavy atom. The van der Waals surface area contributed by atoms with Crippen LogP contribution in [0.5, 0.6) is 0 Å². The molecule has 0 aliphatic carbocycles. The van der Waals surface area contributed by atoms with Crippen LogP contribution in [0.1, 0.15) is 11.1 Å². The van der Waals surface area contributed by atoms with Gasteiger partial charge in [-0.2, -0.15) is 10.2 Å². The van der Waals surface area contributed by atoms with E-state index in [1.807, 2.05) is 48.5 Å². The van der Waals surface area contributed by atoms with Crippen molar-refractivity contribution in [1.82, 2.24) is 0 Å². The summed E-state index contributed by atoms with van der Waals surface area (Å²) in [5, 5.41) is 8.17. The van der Waals surface area contributed by atoms with Gasteiger partial charge in [0.2, 0.25) is 0 Å². The Morgan fingerprint density at radius 1 is 0.500 bits per heavy atom. The van der Waals surface area contributed by atoms with E-state index in [-0.39, 0.29) is 11.6 Å². The monoisotopic (exact) mass is 426 g/mol. The first-order valence-electron chi connectivity index (χ1n) is 9.97. The summed E-state index contributed by atoms with van der Waals surface area (Å²) in [6, 6.07) is 28.5. The molecule has 0 amide bonds. The first-order chi connectivity index (χ1) is 15.7. The van der Waals surface area contributed by atoms with E-state index < -0.39 is 0 Å². The van der Waals surface area contributed by atoms with Crippen LogP contribution in [-0.2, 0) is 0 Å². The minimum Gasteiger partial charge on any atom is -0.276 e. The molecule has 0 spiro atoms. The Labute approximate surface area is 184 Å². The number of hydrogen-bond acceptors (Lipinski definition) is 4. The van der Waals surface area contributed by atoms with Gasteiger partial charge in [0.05, 0.1) is 23.8 Å². The van der Waals surface area contributed by atoms with Gasteiger partial charge in [0.15, 0.2) is 0 Å². The molecule has 0 unspecified atom stereocenters. The number of rotatable bonds is 7. The van der Waals surface area contributed by atoms with E-state index >= 15 is 0 Å². The SMILES string of the molecule is Fc1ccccc1N/N=C/c1ccc(-c2ccc(/C=N/Nc3ccccc3F)cc2)cc1. The van der Waals surface area contributed by atoms with Gasteiger partial charge in [-0.1, -0.05) is 72.8 Å². The fraction of sp³-hybridized carbons (Fsp3) is 0. The van der Waals surface area contributed by atoms with E-state index in [4.69, 9.17) is 0 Å². The highest BCUT2D eigenvalue weighted by Gasteiger charge is 2.00. The van der Waals surface area contributed by atoms with Crippen LogP contribution in [0.15, 0.2) is 107 Å². The Kier molecular flexibility index (Phi) is 6.63. The van der Waals surface area contributed by atoms with E-state index in [0.29, 0.717) is 11.4 Å². The fourth-order valence-electron chi connectivity index (χ4n) is 2.98. The second-order valence-electron chi connectivity index (χ2n) is 6.94. The molecular weight excluding hydrogens is 406 g/mol. The molecule has 4 aromatic carbocycles. The van der Waals surface area contributed by atoms with Crippen LogP contribution in [0.4, 0.5) is 20.2 Å². The normalized spacial score (nSPS) is 11.2. The van der Waals surface area contributed by atoms with Gasteiger partial charge in [-0.3, -0.25) is 10.9 Å². The highest BCUT2D eigenvalue weighted by Crippen LogP contribution is 2.20. The predicted molar refractivity (Wildman–Crippen MR) is 127 cm³/mol. The first-order valence-corrected chi connectivity index (χ1v) is 9.97. The van der Waals surface area contributed by atoms with Crippen molar-refractivity contribution in [3.63, 3.8) is 0 Å². The summed E-state index contributed by atoms with van der Waals surface area (Å²) in [5.74, 6) is -0.701. The maximum Gasteiger partial charge on any atom is 0.148 e. The highest BCUT2D eigenvalue weighted by atomic mass is 19.1. The summed E-state index contributed by atoms with van der Waals surface area (Å²) >= 11 is 0. The summed E-state index contributed by atoms with van der Waals surface area (Å²) < 4.78 is 27.2. The molecule has 32 heavy (non-hydrogen) atoms. The molecular formula is C26H20F2N4. The van der Waals surface area contributed by atoms with Crippen LogP contribution in [-0.4, -0.2) is 12.4 Å². The number of para-hydroxylation sites is 2. The molecule has 2 N–H and O–H groups in total. The third-order valence-corrected chi connectivity index (χ3v) is 4.70. The lowest BCUT2D eigenvalue weighted by atomic mass is 10.0. The van der Waals surface area contributed by atoms with E-state index in [2.05, 4.69) is 21.1 Å². The maximum atomic E-state index is 13.6. The molecule has 0 aliphatic rings. The topological polar surface area (TPSA) is 48.8 Å². The third-order valence-electron chi connectivity index (χ3n) is 4.70. The molecule has 6 heteroatoms. The van der Waals surface area contributed by atoms with Crippen LogP contribution in [0, 0.1) is 11.6 Å². The predicted octanol–water partition coefficient (Wildman–Crippen LogP) is 6.52. The number of nitrogens with zero attached hydrogens (tertiary/aromatic N) is 2. The van der Waals surface area contributed by atoms with Crippen LogP contribution < -0.4 is 10.9 Å². The summed E-state index contributed by atoms with van der Waals surface area (Å²) in [4.78, 5) is 0. The fourth-order valence-corrected chi connectivity index (χ4v) is 2.98. The minimum atomic E-state index is -0.350. The lowest BCUT2D eigenvalue weighted by molar-refractivity contribution is 0.630. The van der Waals surface area contributed by atoms with Crippen molar-refractivity contribution in [2.24, 2.45) is 10.2 Å². The molecule has 0 bridgehead atoms. The first kappa shape index (κ1) is 20.9. The van der Waals surface area contributed by atoms with Crippen LogP contribution in [0.25, 0.3) is 11.1 Å². The van der Waals surface area contributed by atoms with Gasteiger partial charge in [-0.25, -0.2) is 8.78 Å². The molecule has 0 heterocycles. The van der Waals surface area contributed by atoms with E-state index in [1.165, 1.54) is 12.1 Å². The van der Waals surface area contributed by atoms with Gasteiger partial charge < -0.3 is 0 Å². The van der Waals surface area contributed by atoms with Crippen molar-refractivity contribution < 1.29 is 8.78 Å². The Morgan fingerprint density at radius 3 is 1.25 bits per heavy atom. The lowest BCUT2D eigenvalue weighted by Crippen LogP contribution is -1.93. The Hall–Kier alpha value is -4.32. The Balaban J connectivity index is 1.35. The van der Waals surface area contributed by atoms with Crippen molar-refractivity contribution >= 4 is 23.8 Å². The Bertz CT molecular complexity index is 1130. The standard InChI is InChI=1S/C26H20F2N4/c27-23-5-1-3-7-25(23)31-29-17-19-9-13-21(14-10-19)22-15-11-20(12-16-22)18-30-32-26-8-4-2-6-24(26)28/h1-18,31-32H/b29-17+,30-18+. The van der Waals surface area contributed by atoms with Gasteiger partial charge in [0, 0.05) is 0 Å². The van der Waals surface area contributed by atoms with Gasteiger partial charge >= 0.3 is 0 Å². The molecule has 4 aromatic rings. The summed E-state index contributed by atoms with van der Waals surface area (Å²) in [7, 11) is 0. The summed E-state index contributed by atoms with van der Waals surface area (Å²) in [5.41, 5.74) is 9.94. The van der Waals surface area contributed by atoms with E-state index in [9.17, 15) is 8.78 Å². The third kappa shape index (κ3) is 5.43. The second kappa shape index (κ2) is 10.1. The quantitative estimate of drug-likeness (QED) is 0.261. The number of hydrazone groups is 2. The zero-order valence-electron chi connectivity index (χ0n) is 17.0. The maximum absolute atomic E-state index is 13.6. The number of benzene rings is 4. The second-order valence-corrected chi connectivity index (χ2v) is 6.94. The average Bonchev–Trinajstić information content (AvgIpc) is 2.83. The zero-order valence-corrected chi connectivity index (χ0v) is 17.0. The molecule has 0 saturated carbocycles. The van der Waals surface area contributed by atoms with Gasteiger partial charge in [0.25, 0.3) is 0 Å². The molecule has 0 aromatic heterocycles. The molecule has 0 saturated heterocycles. The molecule has 4 nitrogen and oxygen atoms in total. The molecule has 0 aliphatic heterocycles. The smallest absolute Gasteiger partial charge is 0.148 e. The van der Waals surface area contributed by atoms with Gasteiger partial charge in [0.1, 0.15) is 11.6 Å². The summed E-state index contributed by atoms with van der Waals surface area (Å²) in [6.45, 7) is 0. The lowest BCUT2D eigenvalue weighted by Gasteiger charge is -2.04. The average molecular weight is 426 g/mol. The van der Waals surface area contributed by atoms with Gasteiger partial charge in [-0.15, -0.1) is 0 Å². The number of anilines is 2. The summed E-state index contributed by atoms with van der Waals surface area (Å²) in [6.07, 6.45) is 3.27. The highest BCUT2D eigenvalue weighted by molar-refractivity contribution is 5.83. The van der Waals surface area contributed by atoms with E-state index in [0.717, 1.165) is 22.3 Å². The van der Waals surface area contributed by atoms with Crippen molar-refractivity contribution in [3.05, 3.63) is 120 Å². The molecule has 158 valence electrons. The molecule has 0 atom stereocenters. The van der Waals surface area contributed by atoms with E-state index in [1.54, 1.807) is 48.8 Å². The largest absolute Gasteiger partial charge is 0.276 e. The zero-order chi connectivity index (χ0) is 22.2.